The van der Waals surface area contributed by atoms with Gasteiger partial charge in [-0.25, -0.2) is 13.6 Å². The van der Waals surface area contributed by atoms with Crippen molar-refractivity contribution < 1.29 is 18.0 Å². The maximum Gasteiger partial charge on any atom is 0.238 e. The number of Topliss-reactive ketones (excluding diaryl/α,β-unsaturated/α-hetero) is 1. The van der Waals surface area contributed by atoms with Crippen molar-refractivity contribution in [1.29, 1.82) is 0 Å². The molecule has 6 nitrogen and oxygen atoms in total. The number of amides is 1. The normalized spacial score (nSPS) is 21.3. The van der Waals surface area contributed by atoms with Gasteiger partial charge in [0, 0.05) is 35.7 Å². The summed E-state index contributed by atoms with van der Waals surface area (Å²) in [6.45, 7) is 6.05. The molecule has 1 aliphatic heterocycles. The van der Waals surface area contributed by atoms with E-state index in [9.17, 15) is 18.0 Å². The predicted molar refractivity (Wildman–Crippen MR) is 119 cm³/mol. The van der Waals surface area contributed by atoms with E-state index < -0.39 is 10.0 Å². The van der Waals surface area contributed by atoms with Gasteiger partial charge >= 0.3 is 0 Å². The zero-order valence-corrected chi connectivity index (χ0v) is 18.7. The summed E-state index contributed by atoms with van der Waals surface area (Å²) in [5.41, 5.74) is 3.73. The molecule has 0 saturated heterocycles. The molecule has 2 aromatic rings. The van der Waals surface area contributed by atoms with Crippen LogP contribution in [0.5, 0.6) is 0 Å². The number of primary sulfonamides is 1. The number of sulfonamides is 1. The minimum Gasteiger partial charge on any atom is -0.294 e. The lowest BCUT2D eigenvalue weighted by Gasteiger charge is -2.43. The monoisotopic (exact) mass is 438 g/mol. The second-order valence-electron chi connectivity index (χ2n) is 9.18. The molecule has 2 N–H and O–H groups in total. The van der Waals surface area contributed by atoms with Crippen molar-refractivity contribution in [1.82, 2.24) is 0 Å². The van der Waals surface area contributed by atoms with Crippen LogP contribution in [0.25, 0.3) is 0 Å². The van der Waals surface area contributed by atoms with Gasteiger partial charge in [0.15, 0.2) is 5.78 Å². The number of aryl methyl sites for hydroxylation is 1. The van der Waals surface area contributed by atoms with Crippen LogP contribution in [-0.2, 0) is 19.6 Å². The topological polar surface area (TPSA) is 97.5 Å². The number of anilines is 1. The molecule has 0 saturated carbocycles. The molecule has 2 aliphatic rings. The molecule has 1 heterocycles. The van der Waals surface area contributed by atoms with Gasteiger partial charge in [0.1, 0.15) is 0 Å². The summed E-state index contributed by atoms with van der Waals surface area (Å²) < 4.78 is 23.2. The molecule has 2 aromatic carbocycles. The van der Waals surface area contributed by atoms with Gasteiger partial charge in [-0.2, -0.15) is 0 Å². The molecule has 4 rings (SSSR count). The SMILES string of the molecule is Cc1ccccc1C1CC(=O)N(c2ccc(S(N)(=O)=O)cc2)C2=C1C(=O)CC(C)(C)C2. The highest BCUT2D eigenvalue weighted by molar-refractivity contribution is 7.89. The fourth-order valence-corrected chi connectivity index (χ4v) is 5.26. The van der Waals surface area contributed by atoms with Crippen LogP contribution >= 0.6 is 0 Å². The van der Waals surface area contributed by atoms with Crippen molar-refractivity contribution in [3.63, 3.8) is 0 Å². The van der Waals surface area contributed by atoms with Crippen molar-refractivity contribution in [2.24, 2.45) is 10.6 Å². The van der Waals surface area contributed by atoms with Crippen LogP contribution in [0.4, 0.5) is 5.69 Å². The standard InChI is InChI=1S/C24H26N2O4S/c1-15-6-4-5-7-18(15)19-12-22(28)26(16-8-10-17(11-9-16)31(25,29)30)20-13-24(2,3)14-21(27)23(19)20/h4-11,19H,12-14H2,1-3H3,(H2,25,29,30). The lowest BCUT2D eigenvalue weighted by Crippen LogP contribution is -2.43. The Bertz CT molecular complexity index is 1210. The first kappa shape index (κ1) is 21.5. The molecule has 7 heteroatoms. The Morgan fingerprint density at radius 3 is 2.26 bits per heavy atom. The van der Waals surface area contributed by atoms with Gasteiger partial charge in [0.2, 0.25) is 15.9 Å². The molecule has 0 radical (unpaired) electrons. The average molecular weight is 439 g/mol. The molecule has 1 unspecified atom stereocenters. The van der Waals surface area contributed by atoms with E-state index in [0.717, 1.165) is 11.1 Å². The van der Waals surface area contributed by atoms with Gasteiger partial charge < -0.3 is 0 Å². The van der Waals surface area contributed by atoms with E-state index >= 15 is 0 Å². The van der Waals surface area contributed by atoms with Crippen molar-refractivity contribution in [3.05, 3.63) is 70.9 Å². The number of nitrogens with two attached hydrogens (primary N) is 1. The zero-order valence-electron chi connectivity index (χ0n) is 17.9. The van der Waals surface area contributed by atoms with Crippen molar-refractivity contribution in [2.75, 3.05) is 4.90 Å². The number of hydrogen-bond acceptors (Lipinski definition) is 4. The van der Waals surface area contributed by atoms with E-state index in [1.54, 1.807) is 17.0 Å². The van der Waals surface area contributed by atoms with E-state index in [1.165, 1.54) is 12.1 Å². The Labute approximate surface area is 182 Å². The van der Waals surface area contributed by atoms with Gasteiger partial charge in [-0.05, 0) is 54.2 Å². The van der Waals surface area contributed by atoms with E-state index in [1.807, 2.05) is 45.0 Å². The summed E-state index contributed by atoms with van der Waals surface area (Å²) in [7, 11) is -3.83. The van der Waals surface area contributed by atoms with Gasteiger partial charge in [-0.15, -0.1) is 0 Å². The molecule has 1 atom stereocenters. The van der Waals surface area contributed by atoms with Crippen LogP contribution in [0.3, 0.4) is 0 Å². The van der Waals surface area contributed by atoms with Crippen LogP contribution in [0, 0.1) is 12.3 Å². The number of carbonyl (C=O) groups excluding carboxylic acids is 2. The first-order chi connectivity index (χ1) is 14.5. The Balaban J connectivity index is 1.88. The Hall–Kier alpha value is -2.77. The highest BCUT2D eigenvalue weighted by Gasteiger charge is 2.44. The molecule has 31 heavy (non-hydrogen) atoms. The van der Waals surface area contributed by atoms with Crippen molar-refractivity contribution in [3.8, 4) is 0 Å². The molecule has 0 spiro atoms. The summed E-state index contributed by atoms with van der Waals surface area (Å²) >= 11 is 0. The summed E-state index contributed by atoms with van der Waals surface area (Å²) in [5, 5.41) is 5.21. The quantitative estimate of drug-likeness (QED) is 0.788. The van der Waals surface area contributed by atoms with E-state index in [4.69, 9.17) is 5.14 Å². The smallest absolute Gasteiger partial charge is 0.238 e. The average Bonchev–Trinajstić information content (AvgIpc) is 2.66. The minimum absolute atomic E-state index is 0.0206. The first-order valence-corrected chi connectivity index (χ1v) is 11.8. The number of benzene rings is 2. The highest BCUT2D eigenvalue weighted by Crippen LogP contribution is 2.48. The molecule has 0 fully saturated rings. The number of carbonyl (C=O) groups is 2. The maximum absolute atomic E-state index is 13.4. The minimum atomic E-state index is -3.83. The second kappa shape index (κ2) is 7.43. The van der Waals surface area contributed by atoms with Gasteiger partial charge in [-0.1, -0.05) is 38.1 Å². The zero-order chi connectivity index (χ0) is 22.6. The Kier molecular flexibility index (Phi) is 5.14. The van der Waals surface area contributed by atoms with Crippen molar-refractivity contribution >= 4 is 27.4 Å². The lowest BCUT2D eigenvalue weighted by molar-refractivity contribution is -0.121. The Morgan fingerprint density at radius 2 is 1.65 bits per heavy atom. The summed E-state index contributed by atoms with van der Waals surface area (Å²) in [6.07, 6.45) is 1.20. The summed E-state index contributed by atoms with van der Waals surface area (Å²) in [6, 6.07) is 13.8. The van der Waals surface area contributed by atoms with Crippen LogP contribution in [0.1, 0.15) is 50.2 Å². The number of nitrogens with zero attached hydrogens (tertiary/aromatic N) is 1. The lowest BCUT2D eigenvalue weighted by atomic mass is 9.69. The highest BCUT2D eigenvalue weighted by atomic mass is 32.2. The number of rotatable bonds is 3. The maximum atomic E-state index is 13.4. The Morgan fingerprint density at radius 1 is 1.00 bits per heavy atom. The molecule has 0 bridgehead atoms. The van der Waals surface area contributed by atoms with E-state index in [2.05, 4.69) is 0 Å². The third kappa shape index (κ3) is 3.95. The molecular weight excluding hydrogens is 412 g/mol. The third-order valence-electron chi connectivity index (χ3n) is 6.13. The second-order valence-corrected chi connectivity index (χ2v) is 10.7. The number of ketones is 1. The van der Waals surface area contributed by atoms with Crippen molar-refractivity contribution in [2.45, 2.75) is 50.8 Å². The van der Waals surface area contributed by atoms with Crippen LogP contribution in [-0.4, -0.2) is 20.1 Å². The van der Waals surface area contributed by atoms with Gasteiger partial charge in [-0.3, -0.25) is 14.5 Å². The molecule has 162 valence electrons. The summed E-state index contributed by atoms with van der Waals surface area (Å²) in [5.74, 6) is -0.314. The van der Waals surface area contributed by atoms with E-state index in [0.29, 0.717) is 29.8 Å². The largest absolute Gasteiger partial charge is 0.294 e. The fraction of sp³-hybridized carbons (Fsp3) is 0.333. The fourth-order valence-electron chi connectivity index (χ4n) is 4.74. The molecular formula is C24H26N2O4S. The number of hydrogen-bond donors (Lipinski definition) is 1. The molecule has 0 aromatic heterocycles. The van der Waals surface area contributed by atoms with Crippen LogP contribution < -0.4 is 10.0 Å². The van der Waals surface area contributed by atoms with Gasteiger partial charge in [0.25, 0.3) is 0 Å². The third-order valence-corrected chi connectivity index (χ3v) is 7.06. The number of allylic oxidation sites excluding steroid dienone is 2. The summed E-state index contributed by atoms with van der Waals surface area (Å²) in [4.78, 5) is 28.3. The predicted octanol–water partition coefficient (Wildman–Crippen LogP) is 3.81. The first-order valence-electron chi connectivity index (χ1n) is 10.3. The van der Waals surface area contributed by atoms with Gasteiger partial charge in [0.05, 0.1) is 4.90 Å². The van der Waals surface area contributed by atoms with Crippen LogP contribution in [0.15, 0.2) is 64.7 Å². The molecule has 1 aliphatic carbocycles. The molecule has 1 amide bonds. The van der Waals surface area contributed by atoms with E-state index in [-0.39, 0.29) is 34.3 Å². The van der Waals surface area contributed by atoms with Crippen LogP contribution in [0.2, 0.25) is 0 Å².